The highest BCUT2D eigenvalue weighted by Gasteiger charge is 2.33. The molecule has 0 N–H and O–H groups in total. The summed E-state index contributed by atoms with van der Waals surface area (Å²) >= 11 is 0. The fourth-order valence-electron chi connectivity index (χ4n) is 1.74. The summed E-state index contributed by atoms with van der Waals surface area (Å²) in [5, 5.41) is 0. The first-order valence-corrected chi connectivity index (χ1v) is 11.7. The predicted octanol–water partition coefficient (Wildman–Crippen LogP) is 3.53. The molecule has 73 valence electrons. The van der Waals surface area contributed by atoms with Crippen LogP contribution in [0, 0.1) is 6.54 Å². The lowest BCUT2D eigenvalue weighted by Gasteiger charge is -2.43. The molecule has 0 aliphatic rings. The van der Waals surface area contributed by atoms with E-state index in [1.165, 1.54) is 6.42 Å². The summed E-state index contributed by atoms with van der Waals surface area (Å²) < 4.78 is 2.71. The van der Waals surface area contributed by atoms with Gasteiger partial charge in [-0.05, 0) is 6.42 Å². The van der Waals surface area contributed by atoms with Crippen LogP contribution in [0.15, 0.2) is 0 Å². The predicted molar refractivity (Wildman–Crippen MR) is 63.1 cm³/mol. The van der Waals surface area contributed by atoms with Gasteiger partial charge in [-0.3, -0.25) is 0 Å². The smallest absolute Gasteiger partial charge is 0.112 e. The van der Waals surface area contributed by atoms with Gasteiger partial charge in [-0.1, -0.05) is 46.2 Å². The van der Waals surface area contributed by atoms with Gasteiger partial charge in [-0.25, -0.2) is 0 Å². The summed E-state index contributed by atoms with van der Waals surface area (Å²) in [6.45, 7) is 19.2. The van der Waals surface area contributed by atoms with E-state index in [1.54, 1.807) is 0 Å². The second kappa shape index (κ2) is 4.07. The maximum absolute atomic E-state index is 2.71. The summed E-state index contributed by atoms with van der Waals surface area (Å²) in [4.78, 5) is 0. The number of rotatable bonds is 4. The minimum atomic E-state index is -1.10. The highest BCUT2D eigenvalue weighted by Crippen LogP contribution is 2.21. The summed E-state index contributed by atoms with van der Waals surface area (Å²) in [5.41, 5.74) is 0. The first-order valence-electron chi connectivity index (χ1n) is 4.82. The van der Waals surface area contributed by atoms with Gasteiger partial charge in [0.2, 0.25) is 0 Å². The van der Waals surface area contributed by atoms with Crippen LogP contribution in [-0.4, -0.2) is 20.7 Å². The molecule has 3 heteroatoms. The first kappa shape index (κ1) is 12.4. The van der Waals surface area contributed by atoms with Crippen molar-refractivity contribution in [2.24, 2.45) is 0 Å². The summed E-state index contributed by atoms with van der Waals surface area (Å²) in [6, 6.07) is 0. The molecule has 1 radical (unpaired) electrons. The van der Waals surface area contributed by atoms with E-state index in [4.69, 9.17) is 0 Å². The molecule has 0 aliphatic carbocycles. The fraction of sp³-hybridized carbons (Fsp3) is 0.889. The third kappa shape index (κ3) is 3.87. The van der Waals surface area contributed by atoms with E-state index in [-0.39, 0.29) is 0 Å². The van der Waals surface area contributed by atoms with Crippen molar-refractivity contribution in [1.82, 2.24) is 4.23 Å². The average Bonchev–Trinajstić information content (AvgIpc) is 1.77. The Hall–Kier alpha value is 0.394. The lowest BCUT2D eigenvalue weighted by Crippen LogP contribution is -2.57. The summed E-state index contributed by atoms with van der Waals surface area (Å²) in [5.74, 6) is 0. The van der Waals surface area contributed by atoms with Gasteiger partial charge >= 0.3 is 0 Å². The van der Waals surface area contributed by atoms with Crippen LogP contribution in [-0.2, 0) is 0 Å². The van der Waals surface area contributed by atoms with Crippen molar-refractivity contribution < 1.29 is 0 Å². The van der Waals surface area contributed by atoms with Crippen molar-refractivity contribution in [3.8, 4) is 0 Å². The van der Waals surface area contributed by atoms with Crippen LogP contribution in [0.2, 0.25) is 39.3 Å². The zero-order valence-corrected chi connectivity index (χ0v) is 11.7. The average molecular weight is 202 g/mol. The Morgan fingerprint density at radius 1 is 0.917 bits per heavy atom. The molecule has 0 saturated heterocycles. The van der Waals surface area contributed by atoms with Crippen LogP contribution >= 0.6 is 0 Å². The lowest BCUT2D eigenvalue weighted by atomic mass is 10.5. The zero-order chi connectivity index (χ0) is 9.99. The van der Waals surface area contributed by atoms with E-state index in [0.717, 1.165) is 0 Å². The Morgan fingerprint density at radius 3 is 1.33 bits per heavy atom. The molecule has 0 bridgehead atoms. The van der Waals surface area contributed by atoms with Crippen molar-refractivity contribution in [3.05, 3.63) is 6.54 Å². The standard InChI is InChI=1S/C9H24NSi2/c1-8-9-10(11(2,3)4)12(5,6)7/h9H,8H2,1-7H3. The van der Waals surface area contributed by atoms with Crippen LogP contribution in [0.3, 0.4) is 0 Å². The number of hydrogen-bond donors (Lipinski definition) is 0. The van der Waals surface area contributed by atoms with E-state index >= 15 is 0 Å². The largest absolute Gasteiger partial charge is 0.342 e. The fourth-order valence-corrected chi connectivity index (χ4v) is 11.2. The van der Waals surface area contributed by atoms with Gasteiger partial charge in [-0.2, -0.15) is 0 Å². The van der Waals surface area contributed by atoms with Gasteiger partial charge in [0.1, 0.15) is 16.5 Å². The van der Waals surface area contributed by atoms with E-state index in [0.29, 0.717) is 0 Å². The Kier molecular flexibility index (Phi) is 4.20. The monoisotopic (exact) mass is 202 g/mol. The minimum Gasteiger partial charge on any atom is -0.342 e. The molecule has 0 aromatic heterocycles. The summed E-state index contributed by atoms with van der Waals surface area (Å²) in [7, 11) is -2.21. The zero-order valence-electron chi connectivity index (χ0n) is 9.73. The van der Waals surface area contributed by atoms with Crippen LogP contribution in [0.25, 0.3) is 0 Å². The third-order valence-electron chi connectivity index (χ3n) is 1.81. The molecule has 0 unspecified atom stereocenters. The molecule has 0 aliphatic heterocycles. The molecule has 0 heterocycles. The van der Waals surface area contributed by atoms with Gasteiger partial charge in [0.15, 0.2) is 0 Å². The molecule has 0 aromatic rings. The van der Waals surface area contributed by atoms with Crippen molar-refractivity contribution in [3.63, 3.8) is 0 Å². The Balaban J connectivity index is 4.45. The molecule has 0 aromatic carbocycles. The maximum atomic E-state index is 2.71. The quantitative estimate of drug-likeness (QED) is 0.631. The van der Waals surface area contributed by atoms with Crippen LogP contribution in [0.1, 0.15) is 13.3 Å². The van der Waals surface area contributed by atoms with Crippen LogP contribution < -0.4 is 0 Å². The Labute approximate surface area is 80.3 Å². The number of hydrogen-bond acceptors (Lipinski definition) is 1. The lowest BCUT2D eigenvalue weighted by molar-refractivity contribution is 0.702. The van der Waals surface area contributed by atoms with E-state index in [1.807, 2.05) is 0 Å². The Bertz CT molecular complexity index is 118. The van der Waals surface area contributed by atoms with Gasteiger partial charge < -0.3 is 4.23 Å². The van der Waals surface area contributed by atoms with Crippen molar-refractivity contribution in [2.75, 3.05) is 0 Å². The van der Waals surface area contributed by atoms with Gasteiger partial charge in [0.05, 0.1) is 0 Å². The first-order chi connectivity index (χ1) is 5.19. The van der Waals surface area contributed by atoms with Crippen LogP contribution in [0.4, 0.5) is 0 Å². The van der Waals surface area contributed by atoms with E-state index in [2.05, 4.69) is 57.0 Å². The van der Waals surface area contributed by atoms with E-state index in [9.17, 15) is 0 Å². The van der Waals surface area contributed by atoms with Gasteiger partial charge in [0.25, 0.3) is 0 Å². The second-order valence-electron chi connectivity index (χ2n) is 5.30. The van der Waals surface area contributed by atoms with Crippen molar-refractivity contribution in [1.29, 1.82) is 0 Å². The number of nitrogens with zero attached hydrogens (tertiary/aromatic N) is 1. The highest BCUT2D eigenvalue weighted by molar-refractivity contribution is 6.89. The molecule has 12 heavy (non-hydrogen) atoms. The highest BCUT2D eigenvalue weighted by atomic mass is 28.4. The topological polar surface area (TPSA) is 3.24 Å². The molecular formula is C9H24NSi2. The SMILES string of the molecule is CC[CH]N([Si](C)(C)C)[Si](C)(C)C. The normalized spacial score (nSPS) is 14.0. The van der Waals surface area contributed by atoms with Crippen molar-refractivity contribution in [2.45, 2.75) is 52.6 Å². The molecule has 0 atom stereocenters. The van der Waals surface area contributed by atoms with Gasteiger partial charge in [-0.15, -0.1) is 0 Å². The summed E-state index contributed by atoms with van der Waals surface area (Å²) in [6.07, 6.45) is 1.18. The minimum absolute atomic E-state index is 1.10. The molecule has 0 saturated carbocycles. The Morgan fingerprint density at radius 2 is 1.25 bits per heavy atom. The third-order valence-corrected chi connectivity index (χ3v) is 9.09. The molecule has 0 rings (SSSR count). The molecule has 0 amide bonds. The van der Waals surface area contributed by atoms with Crippen molar-refractivity contribution >= 4 is 16.5 Å². The molecule has 0 spiro atoms. The second-order valence-corrected chi connectivity index (χ2v) is 15.4. The van der Waals surface area contributed by atoms with Gasteiger partial charge in [0, 0.05) is 6.54 Å². The van der Waals surface area contributed by atoms with Crippen LogP contribution in [0.5, 0.6) is 0 Å². The molecule has 0 fully saturated rings. The molecular weight excluding hydrogens is 178 g/mol. The maximum Gasteiger partial charge on any atom is 0.112 e. The molecule has 1 nitrogen and oxygen atoms in total. The van der Waals surface area contributed by atoms with E-state index < -0.39 is 16.5 Å².